The number of benzene rings is 2. The molecule has 1 aromatic heterocycles. The molecule has 1 N–H and O–H groups in total. The molecule has 0 saturated heterocycles. The standard InChI is InChI=1S/C21H24N2O4/c1-3-16(20(24)25)14-15-8-10-17(11-9-15)26-13-12-23(2)21-22-18-6-4-5-7-19(18)27-21/h4-11,16H,3,12-14H2,1-2H3,(H,24,25). The predicted molar refractivity (Wildman–Crippen MR) is 104 cm³/mol. The first-order chi connectivity index (χ1) is 13.1. The molecule has 0 aliphatic rings. The molecule has 0 radical (unpaired) electrons. The molecule has 0 saturated carbocycles. The lowest BCUT2D eigenvalue weighted by Gasteiger charge is -2.15. The molecule has 6 nitrogen and oxygen atoms in total. The van der Waals surface area contributed by atoms with Crippen molar-refractivity contribution in [3.63, 3.8) is 0 Å². The number of anilines is 1. The fourth-order valence-corrected chi connectivity index (χ4v) is 2.83. The molecule has 142 valence electrons. The summed E-state index contributed by atoms with van der Waals surface area (Å²) < 4.78 is 11.5. The number of aromatic nitrogens is 1. The van der Waals surface area contributed by atoms with E-state index in [0.717, 1.165) is 22.4 Å². The summed E-state index contributed by atoms with van der Waals surface area (Å²) in [5, 5.41) is 9.16. The van der Waals surface area contributed by atoms with E-state index in [1.165, 1.54) is 0 Å². The number of hydrogen-bond acceptors (Lipinski definition) is 5. The van der Waals surface area contributed by atoms with E-state index >= 15 is 0 Å². The van der Waals surface area contributed by atoms with Crippen LogP contribution in [0.25, 0.3) is 11.1 Å². The first-order valence-corrected chi connectivity index (χ1v) is 9.08. The maximum Gasteiger partial charge on any atom is 0.306 e. The van der Waals surface area contributed by atoms with Crippen LogP contribution in [0.1, 0.15) is 18.9 Å². The van der Waals surface area contributed by atoms with Crippen molar-refractivity contribution in [2.24, 2.45) is 5.92 Å². The first-order valence-electron chi connectivity index (χ1n) is 9.08. The van der Waals surface area contributed by atoms with Crippen molar-refractivity contribution in [3.8, 4) is 5.75 Å². The quantitative estimate of drug-likeness (QED) is 0.615. The summed E-state index contributed by atoms with van der Waals surface area (Å²) in [6.07, 6.45) is 1.16. The molecule has 2 aromatic carbocycles. The number of carboxylic acid groups (broad SMARTS) is 1. The molecular weight excluding hydrogens is 344 g/mol. The summed E-state index contributed by atoms with van der Waals surface area (Å²) in [4.78, 5) is 17.5. The smallest absolute Gasteiger partial charge is 0.306 e. The second-order valence-electron chi connectivity index (χ2n) is 6.53. The van der Waals surface area contributed by atoms with Crippen LogP contribution in [-0.4, -0.2) is 36.3 Å². The number of rotatable bonds is 9. The Morgan fingerprint density at radius 3 is 2.63 bits per heavy atom. The Morgan fingerprint density at radius 1 is 1.22 bits per heavy atom. The average Bonchev–Trinajstić information content (AvgIpc) is 3.11. The molecular formula is C21H24N2O4. The highest BCUT2D eigenvalue weighted by molar-refractivity contribution is 5.74. The number of hydrogen-bond donors (Lipinski definition) is 1. The van der Waals surface area contributed by atoms with Gasteiger partial charge in [0, 0.05) is 7.05 Å². The van der Waals surface area contributed by atoms with E-state index in [1.54, 1.807) is 0 Å². The van der Waals surface area contributed by atoms with Gasteiger partial charge in [-0.3, -0.25) is 4.79 Å². The van der Waals surface area contributed by atoms with Gasteiger partial charge in [-0.1, -0.05) is 31.2 Å². The highest BCUT2D eigenvalue weighted by Gasteiger charge is 2.15. The average molecular weight is 368 g/mol. The molecule has 6 heteroatoms. The van der Waals surface area contributed by atoms with E-state index in [0.29, 0.717) is 32.0 Å². The van der Waals surface area contributed by atoms with Gasteiger partial charge in [-0.05, 0) is 42.7 Å². The van der Waals surface area contributed by atoms with Gasteiger partial charge in [0.1, 0.15) is 17.9 Å². The van der Waals surface area contributed by atoms with Crippen molar-refractivity contribution >= 4 is 23.1 Å². The van der Waals surface area contributed by atoms with Gasteiger partial charge in [0.05, 0.1) is 12.5 Å². The normalized spacial score (nSPS) is 12.1. The van der Waals surface area contributed by atoms with Crippen molar-refractivity contribution in [2.75, 3.05) is 25.1 Å². The van der Waals surface area contributed by atoms with Crippen LogP contribution in [0.3, 0.4) is 0 Å². The van der Waals surface area contributed by atoms with Crippen molar-refractivity contribution in [1.82, 2.24) is 4.98 Å². The third-order valence-electron chi connectivity index (χ3n) is 4.55. The van der Waals surface area contributed by atoms with Crippen molar-refractivity contribution in [1.29, 1.82) is 0 Å². The largest absolute Gasteiger partial charge is 0.492 e. The lowest BCUT2D eigenvalue weighted by Crippen LogP contribution is -2.23. The summed E-state index contributed by atoms with van der Waals surface area (Å²) in [7, 11) is 1.91. The Kier molecular flexibility index (Phi) is 5.96. The Balaban J connectivity index is 1.50. The number of carbonyl (C=O) groups is 1. The third kappa shape index (κ3) is 4.78. The van der Waals surface area contributed by atoms with Gasteiger partial charge < -0.3 is 19.2 Å². The van der Waals surface area contributed by atoms with Crippen molar-refractivity contribution < 1.29 is 19.1 Å². The topological polar surface area (TPSA) is 75.8 Å². The van der Waals surface area contributed by atoms with Gasteiger partial charge in [0.15, 0.2) is 5.58 Å². The molecule has 0 aliphatic heterocycles. The van der Waals surface area contributed by atoms with Crippen molar-refractivity contribution in [2.45, 2.75) is 19.8 Å². The molecule has 1 atom stereocenters. The summed E-state index contributed by atoms with van der Waals surface area (Å²) in [6, 6.07) is 15.8. The van der Waals surface area contributed by atoms with Gasteiger partial charge in [-0.2, -0.15) is 4.98 Å². The Morgan fingerprint density at radius 2 is 1.96 bits per heavy atom. The number of ether oxygens (including phenoxy) is 1. The number of aliphatic carboxylic acids is 1. The van der Waals surface area contributed by atoms with E-state index in [1.807, 2.05) is 67.4 Å². The minimum atomic E-state index is -0.750. The molecule has 0 aliphatic carbocycles. The predicted octanol–water partition coefficient (Wildman–Crippen LogP) is 4.00. The van der Waals surface area contributed by atoms with E-state index in [-0.39, 0.29) is 5.92 Å². The van der Waals surface area contributed by atoms with Crippen LogP contribution in [0.2, 0.25) is 0 Å². The van der Waals surface area contributed by atoms with Crippen LogP contribution in [0.5, 0.6) is 5.75 Å². The van der Waals surface area contributed by atoms with Crippen LogP contribution < -0.4 is 9.64 Å². The van der Waals surface area contributed by atoms with Crippen LogP contribution in [0.4, 0.5) is 6.01 Å². The molecule has 1 heterocycles. The van der Waals surface area contributed by atoms with Crippen LogP contribution in [0, 0.1) is 5.92 Å². The number of fused-ring (bicyclic) bond motifs is 1. The SMILES string of the molecule is CCC(Cc1ccc(OCCN(C)c2nc3ccccc3o2)cc1)C(=O)O. The van der Waals surface area contributed by atoms with Crippen LogP contribution in [0.15, 0.2) is 52.9 Å². The zero-order chi connectivity index (χ0) is 19.2. The van der Waals surface area contributed by atoms with Crippen LogP contribution in [-0.2, 0) is 11.2 Å². The molecule has 0 amide bonds. The zero-order valence-corrected chi connectivity index (χ0v) is 15.6. The Labute approximate surface area is 158 Å². The minimum absolute atomic E-state index is 0.346. The molecule has 3 aromatic rings. The third-order valence-corrected chi connectivity index (χ3v) is 4.55. The summed E-state index contributed by atoms with van der Waals surface area (Å²) in [5.41, 5.74) is 2.60. The zero-order valence-electron chi connectivity index (χ0n) is 15.6. The molecule has 1 unspecified atom stereocenters. The van der Waals surface area contributed by atoms with E-state index in [4.69, 9.17) is 14.3 Å². The Bertz CT molecular complexity index is 856. The lowest BCUT2D eigenvalue weighted by atomic mass is 9.97. The molecule has 3 rings (SSSR count). The molecule has 0 fully saturated rings. The fourth-order valence-electron chi connectivity index (χ4n) is 2.83. The minimum Gasteiger partial charge on any atom is -0.492 e. The highest BCUT2D eigenvalue weighted by atomic mass is 16.5. The summed E-state index contributed by atoms with van der Waals surface area (Å²) in [6.45, 7) is 3.01. The van der Waals surface area contributed by atoms with Gasteiger partial charge >= 0.3 is 5.97 Å². The van der Waals surface area contributed by atoms with Gasteiger partial charge in [0.25, 0.3) is 6.01 Å². The van der Waals surface area contributed by atoms with Gasteiger partial charge in [-0.15, -0.1) is 0 Å². The van der Waals surface area contributed by atoms with Crippen LogP contribution >= 0.6 is 0 Å². The van der Waals surface area contributed by atoms with E-state index in [2.05, 4.69) is 4.98 Å². The van der Waals surface area contributed by atoms with E-state index in [9.17, 15) is 4.79 Å². The number of carboxylic acids is 1. The first kappa shape index (κ1) is 18.8. The Hall–Kier alpha value is -3.02. The number of nitrogens with zero attached hydrogens (tertiary/aromatic N) is 2. The maximum absolute atomic E-state index is 11.1. The molecule has 27 heavy (non-hydrogen) atoms. The lowest BCUT2D eigenvalue weighted by molar-refractivity contribution is -0.141. The fraction of sp³-hybridized carbons (Fsp3) is 0.333. The van der Waals surface area contributed by atoms with Crippen molar-refractivity contribution in [3.05, 3.63) is 54.1 Å². The van der Waals surface area contributed by atoms with Gasteiger partial charge in [-0.25, -0.2) is 0 Å². The second-order valence-corrected chi connectivity index (χ2v) is 6.53. The molecule has 0 spiro atoms. The molecule has 0 bridgehead atoms. The maximum atomic E-state index is 11.1. The number of likely N-dealkylation sites (N-methyl/N-ethyl adjacent to an activating group) is 1. The van der Waals surface area contributed by atoms with E-state index < -0.39 is 5.97 Å². The number of oxazole rings is 1. The summed E-state index contributed by atoms with van der Waals surface area (Å²) >= 11 is 0. The number of para-hydroxylation sites is 2. The monoisotopic (exact) mass is 368 g/mol. The second kappa shape index (κ2) is 8.58. The van der Waals surface area contributed by atoms with Gasteiger partial charge in [0.2, 0.25) is 0 Å². The highest BCUT2D eigenvalue weighted by Crippen LogP contribution is 2.21. The summed E-state index contributed by atoms with van der Waals surface area (Å²) in [5.74, 6) is -0.338.